The zero-order chi connectivity index (χ0) is 11.0. The molecule has 0 aromatic heterocycles. The minimum absolute atomic E-state index is 0.105. The van der Waals surface area contributed by atoms with Crippen LogP contribution in [0, 0.1) is 0 Å². The summed E-state index contributed by atoms with van der Waals surface area (Å²) in [6.45, 7) is 0.251. The van der Waals surface area contributed by atoms with Crippen LogP contribution in [0.3, 0.4) is 0 Å². The molecule has 0 bridgehead atoms. The molecule has 0 aromatic carbocycles. The Bertz CT molecular complexity index is 231. The van der Waals surface area contributed by atoms with E-state index < -0.39 is 11.9 Å². The van der Waals surface area contributed by atoms with Gasteiger partial charge in [-0.05, 0) is 6.08 Å². The van der Waals surface area contributed by atoms with Gasteiger partial charge in [-0.1, -0.05) is 0 Å². The second-order valence-electron chi connectivity index (χ2n) is 2.43. The van der Waals surface area contributed by atoms with Gasteiger partial charge in [0.15, 0.2) is 0 Å². The van der Waals surface area contributed by atoms with Crippen LogP contribution in [0.4, 0.5) is 0 Å². The first kappa shape index (κ1) is 12.6. The molecule has 0 unspecified atom stereocenters. The fraction of sp³-hybridized carbons (Fsp3) is 0.556. The van der Waals surface area contributed by atoms with Gasteiger partial charge in [-0.15, -0.1) is 0 Å². The maximum Gasteiger partial charge on any atom is 0.334 e. The zero-order valence-corrected chi connectivity index (χ0v) is 8.53. The van der Waals surface area contributed by atoms with Crippen LogP contribution in [0.15, 0.2) is 11.6 Å². The van der Waals surface area contributed by atoms with Crippen molar-refractivity contribution in [3.63, 3.8) is 0 Å². The molecule has 0 amide bonds. The van der Waals surface area contributed by atoms with Crippen LogP contribution >= 0.6 is 0 Å². The summed E-state index contributed by atoms with van der Waals surface area (Å²) in [5.74, 6) is -1.04. The van der Waals surface area contributed by atoms with Crippen LogP contribution < -0.4 is 0 Å². The van der Waals surface area contributed by atoms with E-state index in [1.807, 2.05) is 0 Å². The Morgan fingerprint density at radius 2 is 1.79 bits per heavy atom. The zero-order valence-electron chi connectivity index (χ0n) is 8.53. The average Bonchev–Trinajstić information content (AvgIpc) is 2.22. The summed E-state index contributed by atoms with van der Waals surface area (Å²) in [5.41, 5.74) is 0.237. The highest BCUT2D eigenvalue weighted by molar-refractivity contribution is 5.93. The predicted octanol–water partition coefficient (Wildman–Crippen LogP) is 0.295. The molecule has 0 saturated carbocycles. The quantitative estimate of drug-likeness (QED) is 0.474. The van der Waals surface area contributed by atoms with Crippen LogP contribution in [-0.4, -0.2) is 39.9 Å². The molecule has 0 aliphatic heterocycles. The number of ether oxygens (including phenoxy) is 3. The normalized spacial score (nSPS) is 10.9. The lowest BCUT2D eigenvalue weighted by molar-refractivity contribution is -0.143. The van der Waals surface area contributed by atoms with E-state index in [2.05, 4.69) is 9.47 Å². The highest BCUT2D eigenvalue weighted by atomic mass is 16.5. The minimum atomic E-state index is -0.549. The summed E-state index contributed by atoms with van der Waals surface area (Å²) in [5, 5.41) is 0. The summed E-state index contributed by atoms with van der Waals surface area (Å²) in [4.78, 5) is 22.0. The maximum absolute atomic E-state index is 11.1. The summed E-state index contributed by atoms with van der Waals surface area (Å²) in [6, 6.07) is 0. The molecule has 0 N–H and O–H groups in total. The first-order valence-corrected chi connectivity index (χ1v) is 3.98. The largest absolute Gasteiger partial charge is 0.469 e. The van der Waals surface area contributed by atoms with E-state index in [4.69, 9.17) is 4.74 Å². The Balaban J connectivity index is 4.39. The number of rotatable bonds is 5. The van der Waals surface area contributed by atoms with Crippen LogP contribution in [0.25, 0.3) is 0 Å². The molecule has 14 heavy (non-hydrogen) atoms. The maximum atomic E-state index is 11.1. The molecular weight excluding hydrogens is 188 g/mol. The highest BCUT2D eigenvalue weighted by Gasteiger charge is 2.13. The van der Waals surface area contributed by atoms with Gasteiger partial charge in [0.25, 0.3) is 0 Å². The number of hydrogen-bond donors (Lipinski definition) is 0. The van der Waals surface area contributed by atoms with Gasteiger partial charge in [0.1, 0.15) is 0 Å². The fourth-order valence-electron chi connectivity index (χ4n) is 0.770. The molecule has 5 heteroatoms. The van der Waals surface area contributed by atoms with Crippen molar-refractivity contribution in [2.45, 2.75) is 6.42 Å². The number of hydrogen-bond acceptors (Lipinski definition) is 5. The van der Waals surface area contributed by atoms with Gasteiger partial charge in [-0.2, -0.15) is 0 Å². The average molecular weight is 202 g/mol. The summed E-state index contributed by atoms with van der Waals surface area (Å²) < 4.78 is 13.7. The van der Waals surface area contributed by atoms with Crippen molar-refractivity contribution in [1.82, 2.24) is 0 Å². The van der Waals surface area contributed by atoms with Crippen LogP contribution in [0.2, 0.25) is 0 Å². The lowest BCUT2D eigenvalue weighted by Crippen LogP contribution is -2.11. The summed E-state index contributed by atoms with van der Waals surface area (Å²) >= 11 is 0. The predicted molar refractivity (Wildman–Crippen MR) is 48.6 cm³/mol. The Morgan fingerprint density at radius 3 is 2.21 bits per heavy atom. The van der Waals surface area contributed by atoms with Crippen molar-refractivity contribution in [3.8, 4) is 0 Å². The van der Waals surface area contributed by atoms with Gasteiger partial charge in [0.2, 0.25) is 0 Å². The summed E-state index contributed by atoms with van der Waals surface area (Å²) in [6.07, 6.45) is 1.38. The molecule has 5 nitrogen and oxygen atoms in total. The van der Waals surface area contributed by atoms with Crippen molar-refractivity contribution in [3.05, 3.63) is 11.6 Å². The molecule has 0 aromatic rings. The Kier molecular flexibility index (Phi) is 6.39. The number of methoxy groups -OCH3 is 3. The van der Waals surface area contributed by atoms with Crippen molar-refractivity contribution < 1.29 is 23.8 Å². The molecule has 0 saturated heterocycles. The minimum Gasteiger partial charge on any atom is -0.469 e. The Labute approximate surface area is 82.6 Å². The van der Waals surface area contributed by atoms with E-state index >= 15 is 0 Å². The molecule has 0 radical (unpaired) electrons. The lowest BCUT2D eigenvalue weighted by atomic mass is 10.2. The molecule has 0 aliphatic carbocycles. The smallest absolute Gasteiger partial charge is 0.334 e. The Hall–Kier alpha value is -1.36. The molecule has 0 fully saturated rings. The van der Waals surface area contributed by atoms with E-state index in [0.717, 1.165) is 0 Å². The molecular formula is C9H14O5. The molecule has 0 atom stereocenters. The van der Waals surface area contributed by atoms with Crippen molar-refractivity contribution in [2.75, 3.05) is 27.9 Å². The van der Waals surface area contributed by atoms with Gasteiger partial charge < -0.3 is 14.2 Å². The third-order valence-electron chi connectivity index (χ3n) is 1.51. The molecule has 0 aliphatic rings. The van der Waals surface area contributed by atoms with E-state index in [0.29, 0.717) is 0 Å². The van der Waals surface area contributed by atoms with Gasteiger partial charge in [0, 0.05) is 12.7 Å². The van der Waals surface area contributed by atoms with Gasteiger partial charge in [-0.3, -0.25) is 4.79 Å². The van der Waals surface area contributed by atoms with Crippen molar-refractivity contribution in [2.24, 2.45) is 0 Å². The van der Waals surface area contributed by atoms with E-state index in [1.165, 1.54) is 27.4 Å². The van der Waals surface area contributed by atoms with E-state index in [1.54, 1.807) is 0 Å². The molecule has 0 rings (SSSR count). The summed E-state index contributed by atoms with van der Waals surface area (Å²) in [7, 11) is 4.00. The standard InChI is InChI=1S/C9H14O5/c1-12-5-4-7(9(11)14-3)6-8(10)13-2/h4H,5-6H2,1-3H3. The highest BCUT2D eigenvalue weighted by Crippen LogP contribution is 2.05. The number of esters is 2. The SMILES string of the molecule is COCC=C(CC(=O)OC)C(=O)OC. The molecule has 0 heterocycles. The Morgan fingerprint density at radius 1 is 1.14 bits per heavy atom. The second-order valence-corrected chi connectivity index (χ2v) is 2.43. The van der Waals surface area contributed by atoms with Gasteiger partial charge >= 0.3 is 11.9 Å². The monoisotopic (exact) mass is 202 g/mol. The number of carbonyl (C=O) groups is 2. The second kappa shape index (κ2) is 7.08. The number of carbonyl (C=O) groups excluding carboxylic acids is 2. The van der Waals surface area contributed by atoms with Crippen molar-refractivity contribution in [1.29, 1.82) is 0 Å². The first-order chi connectivity index (χ1) is 6.65. The van der Waals surface area contributed by atoms with Crippen LogP contribution in [0.5, 0.6) is 0 Å². The van der Waals surface area contributed by atoms with E-state index in [-0.39, 0.29) is 18.6 Å². The van der Waals surface area contributed by atoms with Crippen LogP contribution in [0.1, 0.15) is 6.42 Å². The van der Waals surface area contributed by atoms with Gasteiger partial charge in [0.05, 0.1) is 27.2 Å². The first-order valence-electron chi connectivity index (χ1n) is 3.98. The topological polar surface area (TPSA) is 61.8 Å². The van der Waals surface area contributed by atoms with E-state index in [9.17, 15) is 9.59 Å². The van der Waals surface area contributed by atoms with Gasteiger partial charge in [-0.25, -0.2) is 4.79 Å². The third-order valence-corrected chi connectivity index (χ3v) is 1.51. The van der Waals surface area contributed by atoms with Crippen LogP contribution in [-0.2, 0) is 23.8 Å². The lowest BCUT2D eigenvalue weighted by Gasteiger charge is -2.03. The fourth-order valence-corrected chi connectivity index (χ4v) is 0.770. The van der Waals surface area contributed by atoms with Crippen molar-refractivity contribution >= 4 is 11.9 Å². The molecule has 0 spiro atoms. The molecule has 80 valence electrons. The third kappa shape index (κ3) is 4.61.